The topological polar surface area (TPSA) is 23.9 Å². The average Bonchev–Trinajstić information content (AvgIpc) is 2.05. The fourth-order valence-corrected chi connectivity index (χ4v) is 1.99. The summed E-state index contributed by atoms with van der Waals surface area (Å²) in [5.41, 5.74) is 0.872. The van der Waals surface area contributed by atoms with Gasteiger partial charge in [0.25, 0.3) is 0 Å². The third-order valence-electron chi connectivity index (χ3n) is 3.04. The van der Waals surface area contributed by atoms with Gasteiger partial charge in [-0.3, -0.25) is 0 Å². The zero-order valence-corrected chi connectivity index (χ0v) is 7.69. The Morgan fingerprint density at radius 3 is 2.27 bits per heavy atom. The van der Waals surface area contributed by atoms with Crippen molar-refractivity contribution in [3.8, 4) is 0 Å². The van der Waals surface area contributed by atoms with E-state index in [1.165, 1.54) is 32.1 Å². The lowest BCUT2D eigenvalue weighted by Crippen LogP contribution is -2.20. The number of hydrogen-bond donors (Lipinski definition) is 1. The highest BCUT2D eigenvalue weighted by Gasteiger charge is 2.20. The molecule has 0 aromatic rings. The van der Waals surface area contributed by atoms with Crippen LogP contribution in [0.15, 0.2) is 0 Å². The van der Waals surface area contributed by atoms with Crippen molar-refractivity contribution in [1.29, 1.82) is 5.41 Å². The minimum atomic E-state index is 0.537. The van der Waals surface area contributed by atoms with E-state index >= 15 is 0 Å². The Labute approximate surface area is 69.7 Å². The molecule has 1 unspecified atom stereocenters. The van der Waals surface area contributed by atoms with E-state index in [9.17, 15) is 0 Å². The van der Waals surface area contributed by atoms with Crippen LogP contribution in [0.1, 0.15) is 46.0 Å². The Morgan fingerprint density at radius 2 is 1.82 bits per heavy atom. The van der Waals surface area contributed by atoms with Gasteiger partial charge in [0, 0.05) is 5.71 Å². The molecule has 0 aliphatic heterocycles. The minimum Gasteiger partial charge on any atom is -0.310 e. The Morgan fingerprint density at radius 1 is 1.27 bits per heavy atom. The van der Waals surface area contributed by atoms with E-state index in [0.29, 0.717) is 5.92 Å². The highest BCUT2D eigenvalue weighted by molar-refractivity contribution is 5.81. The van der Waals surface area contributed by atoms with Gasteiger partial charge < -0.3 is 5.41 Å². The monoisotopic (exact) mass is 153 g/mol. The molecule has 64 valence electrons. The van der Waals surface area contributed by atoms with Crippen molar-refractivity contribution in [1.82, 2.24) is 0 Å². The van der Waals surface area contributed by atoms with Crippen molar-refractivity contribution >= 4 is 5.71 Å². The molecular formula is C10H19N. The second-order valence-electron chi connectivity index (χ2n) is 3.87. The maximum absolute atomic E-state index is 7.54. The summed E-state index contributed by atoms with van der Waals surface area (Å²) in [5.74, 6) is 1.36. The first-order chi connectivity index (χ1) is 5.22. The standard InChI is InChI=1S/C10H19N/c1-8(9(2)11)10-6-4-3-5-7-10/h8,10-11H,3-7H2,1-2H3. The largest absolute Gasteiger partial charge is 0.310 e. The van der Waals surface area contributed by atoms with Crippen molar-refractivity contribution in [3.05, 3.63) is 0 Å². The Hall–Kier alpha value is -0.330. The van der Waals surface area contributed by atoms with Crippen LogP contribution < -0.4 is 0 Å². The zero-order valence-electron chi connectivity index (χ0n) is 7.69. The van der Waals surface area contributed by atoms with Crippen LogP contribution in [0, 0.1) is 17.2 Å². The number of hydrogen-bond acceptors (Lipinski definition) is 1. The lowest BCUT2D eigenvalue weighted by Gasteiger charge is -2.26. The molecule has 0 spiro atoms. The van der Waals surface area contributed by atoms with Crippen LogP contribution in [0.5, 0.6) is 0 Å². The molecule has 0 amide bonds. The fourth-order valence-electron chi connectivity index (χ4n) is 1.99. The van der Waals surface area contributed by atoms with E-state index in [1.54, 1.807) is 0 Å². The van der Waals surface area contributed by atoms with Gasteiger partial charge in [-0.05, 0) is 31.6 Å². The van der Waals surface area contributed by atoms with E-state index in [-0.39, 0.29) is 0 Å². The number of rotatable bonds is 2. The average molecular weight is 153 g/mol. The molecule has 0 heterocycles. The molecule has 0 radical (unpaired) electrons. The lowest BCUT2D eigenvalue weighted by atomic mass is 9.79. The van der Waals surface area contributed by atoms with E-state index < -0.39 is 0 Å². The van der Waals surface area contributed by atoms with Gasteiger partial charge in [0.15, 0.2) is 0 Å². The zero-order chi connectivity index (χ0) is 8.27. The van der Waals surface area contributed by atoms with E-state index in [0.717, 1.165) is 11.6 Å². The molecule has 0 bridgehead atoms. The van der Waals surface area contributed by atoms with Crippen LogP contribution in [-0.4, -0.2) is 5.71 Å². The first-order valence-corrected chi connectivity index (χ1v) is 4.77. The molecule has 1 fully saturated rings. The molecular weight excluding hydrogens is 134 g/mol. The second kappa shape index (κ2) is 3.89. The van der Waals surface area contributed by atoms with Gasteiger partial charge in [0.05, 0.1) is 0 Å². The van der Waals surface area contributed by atoms with Gasteiger partial charge in [-0.25, -0.2) is 0 Å². The molecule has 1 atom stereocenters. The fraction of sp³-hybridized carbons (Fsp3) is 0.900. The summed E-state index contributed by atoms with van der Waals surface area (Å²) in [6, 6.07) is 0. The van der Waals surface area contributed by atoms with Crippen molar-refractivity contribution in [2.75, 3.05) is 0 Å². The first kappa shape index (κ1) is 8.76. The molecule has 1 aliphatic rings. The van der Waals surface area contributed by atoms with Crippen molar-refractivity contribution in [2.24, 2.45) is 11.8 Å². The molecule has 1 rings (SSSR count). The summed E-state index contributed by atoms with van der Waals surface area (Å²) in [7, 11) is 0. The van der Waals surface area contributed by atoms with Crippen LogP contribution in [-0.2, 0) is 0 Å². The minimum absolute atomic E-state index is 0.537. The molecule has 0 saturated heterocycles. The quantitative estimate of drug-likeness (QED) is 0.589. The summed E-state index contributed by atoms with van der Waals surface area (Å²) in [6.45, 7) is 4.15. The molecule has 1 aliphatic carbocycles. The van der Waals surface area contributed by atoms with E-state index in [1.807, 2.05) is 6.92 Å². The summed E-state index contributed by atoms with van der Waals surface area (Å²) >= 11 is 0. The second-order valence-corrected chi connectivity index (χ2v) is 3.87. The van der Waals surface area contributed by atoms with Crippen molar-refractivity contribution in [3.63, 3.8) is 0 Å². The molecule has 1 nitrogen and oxygen atoms in total. The molecule has 1 heteroatoms. The van der Waals surface area contributed by atoms with Gasteiger partial charge in [0.1, 0.15) is 0 Å². The Bertz CT molecular complexity index is 134. The molecule has 11 heavy (non-hydrogen) atoms. The maximum atomic E-state index is 7.54. The molecule has 0 aromatic heterocycles. The predicted molar refractivity (Wildman–Crippen MR) is 49.1 cm³/mol. The van der Waals surface area contributed by atoms with Crippen molar-refractivity contribution < 1.29 is 0 Å². The smallest absolute Gasteiger partial charge is 0.00891 e. The first-order valence-electron chi connectivity index (χ1n) is 4.77. The Kier molecular flexibility index (Phi) is 3.10. The van der Waals surface area contributed by atoms with Gasteiger partial charge in [-0.1, -0.05) is 26.2 Å². The highest BCUT2D eigenvalue weighted by atomic mass is 14.4. The SMILES string of the molecule is CC(=N)C(C)C1CCCCC1. The molecule has 1 N–H and O–H groups in total. The van der Waals surface area contributed by atoms with Crippen LogP contribution in [0.2, 0.25) is 0 Å². The number of nitrogens with one attached hydrogen (secondary N) is 1. The van der Waals surface area contributed by atoms with Gasteiger partial charge >= 0.3 is 0 Å². The van der Waals surface area contributed by atoms with Crippen molar-refractivity contribution in [2.45, 2.75) is 46.0 Å². The summed E-state index contributed by atoms with van der Waals surface area (Å²) in [4.78, 5) is 0. The predicted octanol–water partition coefficient (Wildman–Crippen LogP) is 3.24. The Balaban J connectivity index is 2.38. The summed E-state index contributed by atoms with van der Waals surface area (Å²) in [5, 5.41) is 7.54. The third kappa shape index (κ3) is 2.32. The molecule has 0 aromatic carbocycles. The maximum Gasteiger partial charge on any atom is 0.00891 e. The van der Waals surface area contributed by atoms with Crippen LogP contribution in [0.25, 0.3) is 0 Å². The summed E-state index contributed by atoms with van der Waals surface area (Å²) in [6.07, 6.45) is 6.92. The summed E-state index contributed by atoms with van der Waals surface area (Å²) < 4.78 is 0. The van der Waals surface area contributed by atoms with E-state index in [4.69, 9.17) is 5.41 Å². The molecule has 1 saturated carbocycles. The van der Waals surface area contributed by atoms with Gasteiger partial charge in [0.2, 0.25) is 0 Å². The highest BCUT2D eigenvalue weighted by Crippen LogP contribution is 2.30. The normalized spacial score (nSPS) is 23.1. The lowest BCUT2D eigenvalue weighted by molar-refractivity contribution is 0.311. The van der Waals surface area contributed by atoms with Crippen LogP contribution in [0.4, 0.5) is 0 Å². The third-order valence-corrected chi connectivity index (χ3v) is 3.04. The van der Waals surface area contributed by atoms with Gasteiger partial charge in [-0.15, -0.1) is 0 Å². The van der Waals surface area contributed by atoms with Crippen LogP contribution >= 0.6 is 0 Å². The van der Waals surface area contributed by atoms with E-state index in [2.05, 4.69) is 6.92 Å². The van der Waals surface area contributed by atoms with Gasteiger partial charge in [-0.2, -0.15) is 0 Å². The van der Waals surface area contributed by atoms with Crippen LogP contribution in [0.3, 0.4) is 0 Å².